The molecule has 0 aromatic heterocycles. The van der Waals surface area contributed by atoms with Crippen molar-refractivity contribution >= 4 is 0 Å². The molecule has 0 saturated heterocycles. The third-order valence-electron chi connectivity index (χ3n) is 3.80. The van der Waals surface area contributed by atoms with Gasteiger partial charge < -0.3 is 14.6 Å². The lowest BCUT2D eigenvalue weighted by Crippen LogP contribution is -2.14. The van der Waals surface area contributed by atoms with Crippen molar-refractivity contribution < 1.29 is 32.1 Å². The lowest BCUT2D eigenvalue weighted by Gasteiger charge is -2.23. The number of halogens is 4. The predicted molar refractivity (Wildman–Crippen MR) is 87.9 cm³/mol. The number of aliphatic hydroxyl groups is 1. The third kappa shape index (κ3) is 4.60. The van der Waals surface area contributed by atoms with Crippen molar-refractivity contribution in [3.63, 3.8) is 0 Å². The minimum absolute atomic E-state index is 0.253. The molecule has 0 heterocycles. The largest absolute Gasteiger partial charge is 0.416 e. The Labute approximate surface area is 149 Å². The second-order valence-electron chi connectivity index (χ2n) is 5.51. The van der Waals surface area contributed by atoms with E-state index in [-0.39, 0.29) is 5.56 Å². The van der Waals surface area contributed by atoms with Gasteiger partial charge in [-0.3, -0.25) is 0 Å². The first kappa shape index (κ1) is 20.4. The van der Waals surface area contributed by atoms with Gasteiger partial charge in [-0.2, -0.15) is 13.2 Å². The number of rotatable bonds is 7. The summed E-state index contributed by atoms with van der Waals surface area (Å²) in [6.07, 6.45) is -6.89. The van der Waals surface area contributed by atoms with Crippen LogP contribution in [0, 0.1) is 5.82 Å². The maximum Gasteiger partial charge on any atom is 0.416 e. The van der Waals surface area contributed by atoms with E-state index in [1.54, 1.807) is 38.1 Å². The Morgan fingerprint density at radius 2 is 1.50 bits per heavy atom. The van der Waals surface area contributed by atoms with Gasteiger partial charge in [0.25, 0.3) is 0 Å². The van der Waals surface area contributed by atoms with Crippen LogP contribution in [0.3, 0.4) is 0 Å². The van der Waals surface area contributed by atoms with Crippen LogP contribution in [0.1, 0.15) is 48.5 Å². The predicted octanol–water partition coefficient (Wildman–Crippen LogP) is 5.00. The van der Waals surface area contributed by atoms with Crippen molar-refractivity contribution in [2.75, 3.05) is 13.2 Å². The Hall–Kier alpha value is -1.96. The minimum Gasteiger partial charge on any atom is -0.384 e. The number of benzene rings is 2. The highest BCUT2D eigenvalue weighted by Gasteiger charge is 2.32. The number of hydrogen-bond acceptors (Lipinski definition) is 3. The van der Waals surface area contributed by atoms with Crippen molar-refractivity contribution in [2.45, 2.75) is 32.4 Å². The summed E-state index contributed by atoms with van der Waals surface area (Å²) in [4.78, 5) is 0. The standard InChI is InChI=1S/C19H20F4O3/c1-3-25-18(26-4-2)14-8-6-5-7-13(14)17(24)15-10-9-12(11-16(15)20)19(21,22)23/h5-11,17-18,24H,3-4H2,1-2H3. The molecular formula is C19H20F4O3. The molecule has 26 heavy (non-hydrogen) atoms. The van der Waals surface area contributed by atoms with Gasteiger partial charge in [0.05, 0.1) is 5.56 Å². The Bertz CT molecular complexity index is 725. The molecule has 0 aliphatic rings. The highest BCUT2D eigenvalue weighted by atomic mass is 19.4. The molecular weight excluding hydrogens is 352 g/mol. The number of ether oxygens (including phenoxy) is 2. The average Bonchev–Trinajstić information content (AvgIpc) is 2.60. The van der Waals surface area contributed by atoms with Gasteiger partial charge in [-0.1, -0.05) is 30.3 Å². The van der Waals surface area contributed by atoms with Gasteiger partial charge in [0, 0.05) is 24.3 Å². The summed E-state index contributed by atoms with van der Waals surface area (Å²) in [6, 6.07) is 8.63. The Kier molecular flexibility index (Phi) is 6.75. The van der Waals surface area contributed by atoms with Crippen LogP contribution in [0.15, 0.2) is 42.5 Å². The van der Waals surface area contributed by atoms with E-state index in [0.29, 0.717) is 30.4 Å². The van der Waals surface area contributed by atoms with E-state index in [0.717, 1.165) is 12.1 Å². The zero-order valence-electron chi connectivity index (χ0n) is 14.4. The van der Waals surface area contributed by atoms with Crippen LogP contribution < -0.4 is 0 Å². The van der Waals surface area contributed by atoms with Crippen molar-refractivity contribution in [2.24, 2.45) is 0 Å². The van der Waals surface area contributed by atoms with Gasteiger partial charge in [-0.25, -0.2) is 4.39 Å². The van der Waals surface area contributed by atoms with Crippen LogP contribution in [0.2, 0.25) is 0 Å². The summed E-state index contributed by atoms with van der Waals surface area (Å²) in [6.45, 7) is 4.26. The van der Waals surface area contributed by atoms with E-state index in [9.17, 15) is 22.7 Å². The third-order valence-corrected chi connectivity index (χ3v) is 3.80. The van der Waals surface area contributed by atoms with Gasteiger partial charge >= 0.3 is 6.18 Å². The van der Waals surface area contributed by atoms with Crippen LogP contribution >= 0.6 is 0 Å². The van der Waals surface area contributed by atoms with Gasteiger partial charge in [0.2, 0.25) is 0 Å². The molecule has 2 rings (SSSR count). The topological polar surface area (TPSA) is 38.7 Å². The molecule has 7 heteroatoms. The van der Waals surface area contributed by atoms with Gasteiger partial charge in [-0.15, -0.1) is 0 Å². The molecule has 142 valence electrons. The van der Waals surface area contributed by atoms with Gasteiger partial charge in [-0.05, 0) is 31.5 Å². The first-order valence-corrected chi connectivity index (χ1v) is 8.16. The molecule has 0 bridgehead atoms. The molecule has 0 radical (unpaired) electrons. The van der Waals surface area contributed by atoms with Gasteiger partial charge in [0.15, 0.2) is 6.29 Å². The van der Waals surface area contributed by atoms with Crippen molar-refractivity contribution in [1.29, 1.82) is 0 Å². The van der Waals surface area contributed by atoms with Crippen LogP contribution in [0.5, 0.6) is 0 Å². The summed E-state index contributed by atoms with van der Waals surface area (Å²) in [7, 11) is 0. The summed E-state index contributed by atoms with van der Waals surface area (Å²) < 4.78 is 63.4. The highest BCUT2D eigenvalue weighted by Crippen LogP contribution is 2.35. The average molecular weight is 372 g/mol. The van der Waals surface area contributed by atoms with E-state index >= 15 is 0 Å². The second-order valence-corrected chi connectivity index (χ2v) is 5.51. The molecule has 3 nitrogen and oxygen atoms in total. The monoisotopic (exact) mass is 372 g/mol. The molecule has 0 fully saturated rings. The Morgan fingerprint density at radius 3 is 2.00 bits per heavy atom. The molecule has 1 atom stereocenters. The van der Waals surface area contributed by atoms with E-state index in [1.165, 1.54) is 0 Å². The summed E-state index contributed by atoms with van der Waals surface area (Å²) >= 11 is 0. The lowest BCUT2D eigenvalue weighted by molar-refractivity contribution is -0.141. The summed E-state index contributed by atoms with van der Waals surface area (Å²) in [5.74, 6) is -1.13. The normalized spacial score (nSPS) is 13.2. The van der Waals surface area contributed by atoms with Crippen LogP contribution in [-0.4, -0.2) is 18.3 Å². The molecule has 1 N–H and O–H groups in total. The van der Waals surface area contributed by atoms with Crippen LogP contribution in [0.4, 0.5) is 17.6 Å². The summed E-state index contributed by atoms with van der Waals surface area (Å²) in [5.41, 5.74) is -0.570. The Balaban J connectivity index is 2.43. The summed E-state index contributed by atoms with van der Waals surface area (Å²) in [5, 5.41) is 10.6. The van der Waals surface area contributed by atoms with Gasteiger partial charge in [0.1, 0.15) is 11.9 Å². The fourth-order valence-corrected chi connectivity index (χ4v) is 2.60. The van der Waals surface area contributed by atoms with Crippen molar-refractivity contribution in [3.8, 4) is 0 Å². The van der Waals surface area contributed by atoms with E-state index < -0.39 is 30.0 Å². The molecule has 1 unspecified atom stereocenters. The number of aliphatic hydroxyl groups excluding tert-OH is 1. The van der Waals surface area contributed by atoms with Crippen molar-refractivity contribution in [3.05, 3.63) is 70.5 Å². The van der Waals surface area contributed by atoms with Crippen LogP contribution in [0.25, 0.3) is 0 Å². The number of alkyl halides is 3. The zero-order valence-corrected chi connectivity index (χ0v) is 14.4. The van der Waals surface area contributed by atoms with E-state index in [2.05, 4.69) is 0 Å². The number of hydrogen-bond donors (Lipinski definition) is 1. The van der Waals surface area contributed by atoms with Crippen molar-refractivity contribution in [1.82, 2.24) is 0 Å². The molecule has 2 aromatic carbocycles. The lowest BCUT2D eigenvalue weighted by atomic mass is 9.95. The second kappa shape index (κ2) is 8.62. The van der Waals surface area contributed by atoms with E-state index in [4.69, 9.17) is 9.47 Å². The smallest absolute Gasteiger partial charge is 0.384 e. The molecule has 0 aliphatic carbocycles. The van der Waals surface area contributed by atoms with E-state index in [1.807, 2.05) is 0 Å². The molecule has 2 aromatic rings. The highest BCUT2D eigenvalue weighted by molar-refractivity contribution is 5.38. The fourth-order valence-electron chi connectivity index (χ4n) is 2.60. The maximum absolute atomic E-state index is 14.2. The van der Waals surface area contributed by atoms with Crippen LogP contribution in [-0.2, 0) is 15.7 Å². The quantitative estimate of drug-likeness (QED) is 0.549. The minimum atomic E-state index is -4.66. The fraction of sp³-hybridized carbons (Fsp3) is 0.368. The molecule has 0 spiro atoms. The Morgan fingerprint density at radius 1 is 0.923 bits per heavy atom. The first-order chi connectivity index (χ1) is 12.3. The first-order valence-electron chi connectivity index (χ1n) is 8.16. The molecule has 0 aliphatic heterocycles. The molecule has 0 saturated carbocycles. The maximum atomic E-state index is 14.2. The molecule has 0 amide bonds. The zero-order chi connectivity index (χ0) is 19.3. The SMILES string of the molecule is CCOC(OCC)c1ccccc1C(O)c1ccc(C(F)(F)F)cc1F.